The monoisotopic (exact) mass is 407 g/mol. The van der Waals surface area contributed by atoms with Gasteiger partial charge < -0.3 is 14.5 Å². The Balaban J connectivity index is 1.54. The van der Waals surface area contributed by atoms with E-state index in [1.54, 1.807) is 52.4 Å². The Bertz CT molecular complexity index is 817. The molecule has 1 aromatic heterocycles. The van der Waals surface area contributed by atoms with E-state index < -0.39 is 0 Å². The van der Waals surface area contributed by atoms with Gasteiger partial charge in [-0.2, -0.15) is 0 Å². The SMILES string of the molecule is O=C(COc1ccc(Cl)cc1Cl)N1CCCN(C(=O)c2ccccn2)CC1. The normalized spacial score (nSPS) is 14.6. The van der Waals surface area contributed by atoms with E-state index in [4.69, 9.17) is 27.9 Å². The second kappa shape index (κ2) is 9.06. The Morgan fingerprint density at radius 3 is 2.56 bits per heavy atom. The smallest absolute Gasteiger partial charge is 0.272 e. The minimum Gasteiger partial charge on any atom is -0.482 e. The summed E-state index contributed by atoms with van der Waals surface area (Å²) >= 11 is 11.9. The fraction of sp³-hybridized carbons (Fsp3) is 0.316. The van der Waals surface area contributed by atoms with Crippen LogP contribution < -0.4 is 4.74 Å². The first-order chi connectivity index (χ1) is 13.0. The van der Waals surface area contributed by atoms with Crippen molar-refractivity contribution in [2.45, 2.75) is 6.42 Å². The van der Waals surface area contributed by atoms with Crippen LogP contribution in [0.25, 0.3) is 0 Å². The van der Waals surface area contributed by atoms with Gasteiger partial charge in [0, 0.05) is 37.4 Å². The van der Waals surface area contributed by atoms with Gasteiger partial charge in [-0.15, -0.1) is 0 Å². The zero-order chi connectivity index (χ0) is 19.2. The lowest BCUT2D eigenvalue weighted by Crippen LogP contribution is -2.39. The Morgan fingerprint density at radius 2 is 1.81 bits per heavy atom. The lowest BCUT2D eigenvalue weighted by atomic mass is 10.3. The third kappa shape index (κ3) is 5.11. The van der Waals surface area contributed by atoms with E-state index in [1.165, 1.54) is 0 Å². The van der Waals surface area contributed by atoms with Crippen molar-refractivity contribution in [3.8, 4) is 5.75 Å². The highest BCUT2D eigenvalue weighted by molar-refractivity contribution is 6.35. The fourth-order valence-corrected chi connectivity index (χ4v) is 3.31. The summed E-state index contributed by atoms with van der Waals surface area (Å²) in [6, 6.07) is 10.1. The summed E-state index contributed by atoms with van der Waals surface area (Å²) in [6.45, 7) is 1.96. The van der Waals surface area contributed by atoms with Crippen LogP contribution in [0.1, 0.15) is 16.9 Å². The van der Waals surface area contributed by atoms with Crippen LogP contribution in [0.3, 0.4) is 0 Å². The largest absolute Gasteiger partial charge is 0.482 e. The minimum absolute atomic E-state index is 0.116. The number of hydrogen-bond acceptors (Lipinski definition) is 4. The molecular weight excluding hydrogens is 389 g/mol. The van der Waals surface area contributed by atoms with Crippen molar-refractivity contribution in [2.75, 3.05) is 32.8 Å². The van der Waals surface area contributed by atoms with E-state index in [2.05, 4.69) is 4.98 Å². The molecular formula is C19H19Cl2N3O3. The third-order valence-electron chi connectivity index (χ3n) is 4.26. The van der Waals surface area contributed by atoms with Gasteiger partial charge in [0.15, 0.2) is 6.61 Å². The Morgan fingerprint density at radius 1 is 1.04 bits per heavy atom. The first-order valence-electron chi connectivity index (χ1n) is 8.60. The third-order valence-corrected chi connectivity index (χ3v) is 4.80. The first-order valence-corrected chi connectivity index (χ1v) is 9.36. The summed E-state index contributed by atoms with van der Waals surface area (Å²) in [4.78, 5) is 32.5. The van der Waals surface area contributed by atoms with Gasteiger partial charge in [-0.3, -0.25) is 14.6 Å². The van der Waals surface area contributed by atoms with Crippen molar-refractivity contribution in [3.63, 3.8) is 0 Å². The quantitative estimate of drug-likeness (QED) is 0.780. The maximum Gasteiger partial charge on any atom is 0.272 e. The van der Waals surface area contributed by atoms with Crippen LogP contribution in [0.4, 0.5) is 0 Å². The molecule has 0 spiro atoms. The van der Waals surface area contributed by atoms with Crippen molar-refractivity contribution in [3.05, 3.63) is 58.3 Å². The average molecular weight is 408 g/mol. The molecule has 3 rings (SSSR count). The Kier molecular flexibility index (Phi) is 6.53. The second-order valence-corrected chi connectivity index (χ2v) is 6.95. The van der Waals surface area contributed by atoms with Crippen LogP contribution in [0.5, 0.6) is 5.75 Å². The van der Waals surface area contributed by atoms with Crippen LogP contribution in [0, 0.1) is 0 Å². The van der Waals surface area contributed by atoms with Crippen LogP contribution in [-0.2, 0) is 4.79 Å². The minimum atomic E-state index is -0.145. The summed E-state index contributed by atoms with van der Waals surface area (Å²) < 4.78 is 5.52. The van der Waals surface area contributed by atoms with E-state index in [9.17, 15) is 9.59 Å². The van der Waals surface area contributed by atoms with Crippen LogP contribution in [-0.4, -0.2) is 59.4 Å². The molecule has 1 saturated heterocycles. The molecule has 1 aromatic carbocycles. The number of pyridine rings is 1. The predicted octanol–water partition coefficient (Wildman–Crippen LogP) is 3.14. The van der Waals surface area contributed by atoms with Crippen LogP contribution in [0.2, 0.25) is 10.0 Å². The molecule has 2 aromatic rings. The zero-order valence-electron chi connectivity index (χ0n) is 14.6. The number of ether oxygens (including phenoxy) is 1. The molecule has 0 bridgehead atoms. The number of amides is 2. The van der Waals surface area contributed by atoms with Gasteiger partial charge in [0.05, 0.1) is 5.02 Å². The van der Waals surface area contributed by atoms with Gasteiger partial charge in [-0.05, 0) is 36.8 Å². The van der Waals surface area contributed by atoms with Crippen molar-refractivity contribution in [1.82, 2.24) is 14.8 Å². The van der Waals surface area contributed by atoms with Crippen molar-refractivity contribution >= 4 is 35.0 Å². The van der Waals surface area contributed by atoms with Gasteiger partial charge >= 0.3 is 0 Å². The molecule has 142 valence electrons. The molecule has 0 radical (unpaired) electrons. The molecule has 2 heterocycles. The van der Waals surface area contributed by atoms with Crippen molar-refractivity contribution in [2.24, 2.45) is 0 Å². The number of rotatable bonds is 4. The number of hydrogen-bond donors (Lipinski definition) is 0. The fourth-order valence-electron chi connectivity index (χ4n) is 2.84. The summed E-state index contributed by atoms with van der Waals surface area (Å²) in [5.41, 5.74) is 0.415. The number of halogens is 2. The molecule has 2 amide bonds. The van der Waals surface area contributed by atoms with Gasteiger partial charge in [0.2, 0.25) is 0 Å². The van der Waals surface area contributed by atoms with Gasteiger partial charge in [0.25, 0.3) is 11.8 Å². The molecule has 1 aliphatic heterocycles. The number of aromatic nitrogens is 1. The van der Waals surface area contributed by atoms with Crippen LogP contribution >= 0.6 is 23.2 Å². The molecule has 6 nitrogen and oxygen atoms in total. The highest BCUT2D eigenvalue weighted by atomic mass is 35.5. The second-order valence-electron chi connectivity index (χ2n) is 6.10. The number of carbonyl (C=O) groups is 2. The first kappa shape index (κ1) is 19.5. The molecule has 27 heavy (non-hydrogen) atoms. The lowest BCUT2D eigenvalue weighted by Gasteiger charge is -2.22. The summed E-state index contributed by atoms with van der Waals surface area (Å²) in [7, 11) is 0. The molecule has 1 fully saturated rings. The van der Waals surface area contributed by atoms with E-state index >= 15 is 0 Å². The summed E-state index contributed by atoms with van der Waals surface area (Å²) in [5.74, 6) is 0.151. The van der Waals surface area contributed by atoms with E-state index in [0.29, 0.717) is 54.1 Å². The van der Waals surface area contributed by atoms with Gasteiger partial charge in [-0.25, -0.2) is 0 Å². The number of nitrogens with zero attached hydrogens (tertiary/aromatic N) is 3. The van der Waals surface area contributed by atoms with E-state index in [1.807, 2.05) is 0 Å². The molecule has 0 saturated carbocycles. The Labute approximate surface area is 167 Å². The average Bonchev–Trinajstić information content (AvgIpc) is 2.93. The predicted molar refractivity (Wildman–Crippen MR) is 103 cm³/mol. The standard InChI is InChI=1S/C19H19Cl2N3O3/c20-14-5-6-17(15(21)12-14)27-13-18(25)23-8-3-9-24(11-10-23)19(26)16-4-1-2-7-22-16/h1-2,4-7,12H,3,8-11,13H2. The summed E-state index contributed by atoms with van der Waals surface area (Å²) in [6.07, 6.45) is 2.30. The molecule has 1 aliphatic rings. The number of benzene rings is 1. The van der Waals surface area contributed by atoms with Crippen molar-refractivity contribution in [1.29, 1.82) is 0 Å². The van der Waals surface area contributed by atoms with E-state index in [-0.39, 0.29) is 18.4 Å². The van der Waals surface area contributed by atoms with Gasteiger partial charge in [0.1, 0.15) is 11.4 Å². The van der Waals surface area contributed by atoms with E-state index in [0.717, 1.165) is 0 Å². The highest BCUT2D eigenvalue weighted by Gasteiger charge is 2.23. The maximum atomic E-state index is 12.5. The molecule has 0 atom stereocenters. The highest BCUT2D eigenvalue weighted by Crippen LogP contribution is 2.27. The molecule has 8 heteroatoms. The molecule has 0 unspecified atom stereocenters. The Hall–Kier alpha value is -2.31. The number of carbonyl (C=O) groups excluding carboxylic acids is 2. The zero-order valence-corrected chi connectivity index (χ0v) is 16.1. The molecule has 0 N–H and O–H groups in total. The maximum absolute atomic E-state index is 12.5. The summed E-state index contributed by atoms with van der Waals surface area (Å²) in [5, 5.41) is 0.863. The lowest BCUT2D eigenvalue weighted by molar-refractivity contribution is -0.133. The van der Waals surface area contributed by atoms with Gasteiger partial charge in [-0.1, -0.05) is 29.3 Å². The molecule has 0 aliphatic carbocycles. The van der Waals surface area contributed by atoms with Crippen molar-refractivity contribution < 1.29 is 14.3 Å². The topological polar surface area (TPSA) is 62.7 Å². The van der Waals surface area contributed by atoms with Crippen LogP contribution in [0.15, 0.2) is 42.6 Å².